The lowest BCUT2D eigenvalue weighted by Crippen LogP contribution is -2.12. The van der Waals surface area contributed by atoms with Gasteiger partial charge in [-0.2, -0.15) is 0 Å². The fourth-order valence-corrected chi connectivity index (χ4v) is 1.27. The van der Waals surface area contributed by atoms with Crippen LogP contribution in [0.4, 0.5) is 4.39 Å². The summed E-state index contributed by atoms with van der Waals surface area (Å²) < 4.78 is 18.0. The smallest absolute Gasteiger partial charge is 0.254 e. The molecular weight excluding hydrogens is 223 g/mol. The fraction of sp³-hybridized carbons (Fsp3) is 0. The van der Waals surface area contributed by atoms with Crippen molar-refractivity contribution >= 4 is 5.91 Å². The van der Waals surface area contributed by atoms with Gasteiger partial charge in [0.15, 0.2) is 0 Å². The molecule has 4 nitrogen and oxygen atoms in total. The third kappa shape index (κ3) is 2.57. The van der Waals surface area contributed by atoms with E-state index in [1.54, 1.807) is 6.07 Å². The highest BCUT2D eigenvalue weighted by Crippen LogP contribution is 2.22. The van der Waals surface area contributed by atoms with Crippen molar-refractivity contribution in [2.75, 3.05) is 0 Å². The zero-order valence-electron chi connectivity index (χ0n) is 8.76. The first kappa shape index (κ1) is 11.1. The van der Waals surface area contributed by atoms with E-state index in [-0.39, 0.29) is 17.3 Å². The van der Waals surface area contributed by atoms with E-state index in [1.165, 1.54) is 36.5 Å². The molecule has 5 heteroatoms. The summed E-state index contributed by atoms with van der Waals surface area (Å²) in [5.74, 6) is -0.511. The van der Waals surface area contributed by atoms with E-state index in [1.807, 2.05) is 0 Å². The van der Waals surface area contributed by atoms with Crippen LogP contribution >= 0.6 is 0 Å². The number of ether oxygens (including phenoxy) is 1. The summed E-state index contributed by atoms with van der Waals surface area (Å²) in [5.41, 5.74) is 5.35. The molecule has 0 aliphatic heterocycles. The van der Waals surface area contributed by atoms with Gasteiger partial charge >= 0.3 is 0 Å². The van der Waals surface area contributed by atoms with Crippen LogP contribution in [0.25, 0.3) is 0 Å². The Bertz CT molecular complexity index is 540. The molecule has 2 rings (SSSR count). The normalized spacial score (nSPS) is 9.94. The molecular formula is C12H9FN2O2. The van der Waals surface area contributed by atoms with Gasteiger partial charge in [-0.15, -0.1) is 0 Å². The van der Waals surface area contributed by atoms with Crippen molar-refractivity contribution in [3.8, 4) is 11.6 Å². The standard InChI is InChI=1S/C12H9FN2O2/c13-8-3-5-9(6-4-8)17-12-10(11(14)16)2-1-7-15-12/h1-7H,(H2,14,16). The summed E-state index contributed by atoms with van der Waals surface area (Å²) in [4.78, 5) is 15.0. The number of nitrogens with zero attached hydrogens (tertiary/aromatic N) is 1. The number of carbonyl (C=O) groups excluding carboxylic acids is 1. The number of carbonyl (C=O) groups is 1. The molecule has 0 aliphatic carbocycles. The Kier molecular flexibility index (Phi) is 3.00. The number of halogens is 1. The zero-order chi connectivity index (χ0) is 12.3. The van der Waals surface area contributed by atoms with Gasteiger partial charge in [0, 0.05) is 6.20 Å². The zero-order valence-corrected chi connectivity index (χ0v) is 8.76. The first-order valence-corrected chi connectivity index (χ1v) is 4.85. The molecule has 1 aromatic carbocycles. The molecule has 0 saturated heterocycles. The van der Waals surface area contributed by atoms with Crippen molar-refractivity contribution in [1.29, 1.82) is 0 Å². The van der Waals surface area contributed by atoms with Crippen molar-refractivity contribution in [1.82, 2.24) is 4.98 Å². The minimum atomic E-state index is -0.629. The molecule has 0 atom stereocenters. The number of nitrogens with two attached hydrogens (primary N) is 1. The number of hydrogen-bond donors (Lipinski definition) is 1. The number of primary amides is 1. The van der Waals surface area contributed by atoms with Crippen LogP contribution in [0.15, 0.2) is 42.6 Å². The van der Waals surface area contributed by atoms with Gasteiger partial charge in [-0.1, -0.05) is 0 Å². The Morgan fingerprint density at radius 2 is 1.94 bits per heavy atom. The van der Waals surface area contributed by atoms with Crippen LogP contribution in [0.3, 0.4) is 0 Å². The Labute approximate surface area is 96.9 Å². The number of rotatable bonds is 3. The summed E-state index contributed by atoms with van der Waals surface area (Å²) in [6, 6.07) is 8.47. The van der Waals surface area contributed by atoms with Crippen molar-refractivity contribution < 1.29 is 13.9 Å². The Morgan fingerprint density at radius 3 is 2.59 bits per heavy atom. The lowest BCUT2D eigenvalue weighted by Gasteiger charge is -2.07. The highest BCUT2D eigenvalue weighted by Gasteiger charge is 2.10. The molecule has 0 bridgehead atoms. The second-order valence-corrected chi connectivity index (χ2v) is 3.28. The van der Waals surface area contributed by atoms with Gasteiger partial charge in [-0.3, -0.25) is 4.79 Å². The van der Waals surface area contributed by atoms with E-state index in [0.29, 0.717) is 5.75 Å². The highest BCUT2D eigenvalue weighted by atomic mass is 19.1. The van der Waals surface area contributed by atoms with E-state index in [9.17, 15) is 9.18 Å². The second kappa shape index (κ2) is 4.61. The number of pyridine rings is 1. The maximum absolute atomic E-state index is 12.7. The molecule has 1 heterocycles. The molecule has 0 spiro atoms. The number of amides is 1. The highest BCUT2D eigenvalue weighted by molar-refractivity contribution is 5.95. The molecule has 0 saturated carbocycles. The molecule has 0 aliphatic rings. The van der Waals surface area contributed by atoms with Crippen molar-refractivity contribution in [2.45, 2.75) is 0 Å². The molecule has 1 aromatic heterocycles. The third-order valence-electron chi connectivity index (χ3n) is 2.06. The van der Waals surface area contributed by atoms with E-state index in [2.05, 4.69) is 4.98 Å². The molecule has 0 radical (unpaired) electrons. The van der Waals surface area contributed by atoms with Gasteiger partial charge in [0.2, 0.25) is 5.88 Å². The van der Waals surface area contributed by atoms with Crippen LogP contribution in [-0.2, 0) is 0 Å². The lowest BCUT2D eigenvalue weighted by molar-refractivity contribution is 0.0997. The molecule has 1 amide bonds. The van der Waals surface area contributed by atoms with E-state index in [4.69, 9.17) is 10.5 Å². The minimum Gasteiger partial charge on any atom is -0.438 e. The maximum atomic E-state index is 12.7. The van der Waals surface area contributed by atoms with Crippen LogP contribution in [0, 0.1) is 5.82 Å². The van der Waals surface area contributed by atoms with Gasteiger partial charge in [-0.25, -0.2) is 9.37 Å². The first-order valence-electron chi connectivity index (χ1n) is 4.85. The predicted molar refractivity (Wildman–Crippen MR) is 59.2 cm³/mol. The van der Waals surface area contributed by atoms with Crippen LogP contribution in [-0.4, -0.2) is 10.9 Å². The minimum absolute atomic E-state index is 0.103. The summed E-state index contributed by atoms with van der Waals surface area (Å²) in [6.07, 6.45) is 1.48. The number of benzene rings is 1. The molecule has 2 aromatic rings. The van der Waals surface area contributed by atoms with Crippen LogP contribution in [0.5, 0.6) is 11.6 Å². The fourth-order valence-electron chi connectivity index (χ4n) is 1.27. The SMILES string of the molecule is NC(=O)c1cccnc1Oc1ccc(F)cc1. The maximum Gasteiger partial charge on any atom is 0.254 e. The third-order valence-corrected chi connectivity index (χ3v) is 2.06. The van der Waals surface area contributed by atoms with Gasteiger partial charge in [0.05, 0.1) is 0 Å². The molecule has 0 fully saturated rings. The topological polar surface area (TPSA) is 65.2 Å². The number of aromatic nitrogens is 1. The first-order chi connectivity index (χ1) is 8.16. The molecule has 86 valence electrons. The number of hydrogen-bond acceptors (Lipinski definition) is 3. The van der Waals surface area contributed by atoms with Crippen molar-refractivity contribution in [2.24, 2.45) is 5.73 Å². The Hall–Kier alpha value is -2.43. The van der Waals surface area contributed by atoms with Gasteiger partial charge < -0.3 is 10.5 Å². The largest absolute Gasteiger partial charge is 0.438 e. The predicted octanol–water partition coefficient (Wildman–Crippen LogP) is 2.11. The molecule has 17 heavy (non-hydrogen) atoms. The van der Waals surface area contributed by atoms with Crippen molar-refractivity contribution in [3.05, 3.63) is 54.0 Å². The van der Waals surface area contributed by atoms with E-state index in [0.717, 1.165) is 0 Å². The monoisotopic (exact) mass is 232 g/mol. The van der Waals surface area contributed by atoms with Gasteiger partial charge in [0.25, 0.3) is 5.91 Å². The summed E-state index contributed by atoms with van der Waals surface area (Å²) in [5, 5.41) is 0. The van der Waals surface area contributed by atoms with Crippen molar-refractivity contribution in [3.63, 3.8) is 0 Å². The van der Waals surface area contributed by atoms with Gasteiger partial charge in [0.1, 0.15) is 17.1 Å². The van der Waals surface area contributed by atoms with E-state index < -0.39 is 5.91 Å². The second-order valence-electron chi connectivity index (χ2n) is 3.28. The van der Waals surface area contributed by atoms with Crippen LogP contribution in [0.2, 0.25) is 0 Å². The lowest BCUT2D eigenvalue weighted by atomic mass is 10.2. The van der Waals surface area contributed by atoms with E-state index >= 15 is 0 Å². The van der Waals surface area contributed by atoms with Gasteiger partial charge in [-0.05, 0) is 36.4 Å². The summed E-state index contributed by atoms with van der Waals surface area (Å²) in [7, 11) is 0. The van der Waals surface area contributed by atoms with Crippen LogP contribution < -0.4 is 10.5 Å². The van der Waals surface area contributed by atoms with Crippen LogP contribution in [0.1, 0.15) is 10.4 Å². The molecule has 2 N–H and O–H groups in total. The average molecular weight is 232 g/mol. The average Bonchev–Trinajstić information content (AvgIpc) is 2.32. The summed E-state index contributed by atoms with van der Waals surface area (Å²) in [6.45, 7) is 0. The Balaban J connectivity index is 2.30. The molecule has 0 unspecified atom stereocenters. The Morgan fingerprint density at radius 1 is 1.24 bits per heavy atom. The summed E-state index contributed by atoms with van der Waals surface area (Å²) >= 11 is 0. The quantitative estimate of drug-likeness (QED) is 0.881.